The maximum absolute atomic E-state index is 9.45. The Kier molecular flexibility index (Phi) is 7.24. The van der Waals surface area contributed by atoms with Gasteiger partial charge in [-0.15, -0.1) is 0 Å². The number of aliphatic imine (C=N–C) groups is 1. The smallest absolute Gasteiger partial charge is 0.188 e. The Hall–Kier alpha value is -3.01. The molecule has 5 N–H and O–H groups in total. The average molecular weight is 368 g/mol. The Morgan fingerprint density at radius 3 is 2.67 bits per heavy atom. The summed E-state index contributed by atoms with van der Waals surface area (Å²) in [5.41, 5.74) is 15.1. The first-order valence-electron chi connectivity index (χ1n) is 9.30. The Morgan fingerprint density at radius 2 is 2.04 bits per heavy atom. The van der Waals surface area contributed by atoms with Crippen molar-refractivity contribution in [2.45, 2.75) is 40.0 Å². The molecule has 0 saturated carbocycles. The monoisotopic (exact) mass is 367 g/mol. The molecular weight excluding hydrogens is 338 g/mol. The van der Waals surface area contributed by atoms with Gasteiger partial charge in [0.15, 0.2) is 5.96 Å². The molecule has 0 radical (unpaired) electrons. The SMILES string of the molecule is Cc1ccc(-n2nc(CCCN=C(N)NCCC(C)C)c(C#N)c2N)cc1. The number of benzene rings is 1. The van der Waals surface area contributed by atoms with Crippen molar-refractivity contribution in [1.29, 1.82) is 5.26 Å². The standard InChI is InChI=1S/C20H29N7/c1-14(2)10-12-25-20(23)24-11-4-5-18-17(13-21)19(22)27(26-18)16-8-6-15(3)7-9-16/h6-9,14H,4-5,10-12,22H2,1-3H3,(H3,23,24,25). The molecule has 2 aromatic rings. The van der Waals surface area contributed by atoms with E-state index in [1.807, 2.05) is 31.2 Å². The molecule has 27 heavy (non-hydrogen) atoms. The third-order valence-corrected chi connectivity index (χ3v) is 4.27. The number of hydrogen-bond acceptors (Lipinski definition) is 4. The molecule has 0 saturated heterocycles. The van der Waals surface area contributed by atoms with Crippen molar-refractivity contribution in [3.05, 3.63) is 41.1 Å². The number of anilines is 1. The van der Waals surface area contributed by atoms with Crippen molar-refractivity contribution >= 4 is 11.8 Å². The van der Waals surface area contributed by atoms with Crippen LogP contribution in [0.2, 0.25) is 0 Å². The number of aryl methyl sites for hydroxylation is 2. The molecule has 0 amide bonds. The number of nitrogens with two attached hydrogens (primary N) is 2. The second-order valence-electron chi connectivity index (χ2n) is 7.05. The predicted molar refractivity (Wildman–Crippen MR) is 110 cm³/mol. The van der Waals surface area contributed by atoms with Crippen LogP contribution in [0.25, 0.3) is 5.69 Å². The highest BCUT2D eigenvalue weighted by Crippen LogP contribution is 2.21. The van der Waals surface area contributed by atoms with Gasteiger partial charge in [0.05, 0.1) is 11.4 Å². The minimum absolute atomic E-state index is 0.370. The van der Waals surface area contributed by atoms with Gasteiger partial charge in [-0.1, -0.05) is 31.5 Å². The lowest BCUT2D eigenvalue weighted by molar-refractivity contribution is 0.576. The first-order chi connectivity index (χ1) is 12.9. The molecule has 0 unspecified atom stereocenters. The summed E-state index contributed by atoms with van der Waals surface area (Å²) >= 11 is 0. The van der Waals surface area contributed by atoms with Crippen molar-refractivity contribution < 1.29 is 0 Å². The Balaban J connectivity index is 1.98. The van der Waals surface area contributed by atoms with E-state index in [0.717, 1.165) is 30.6 Å². The number of nitrogens with one attached hydrogen (secondary N) is 1. The number of hydrogen-bond donors (Lipinski definition) is 3. The third kappa shape index (κ3) is 5.74. The summed E-state index contributed by atoms with van der Waals surface area (Å²) in [5.74, 6) is 1.46. The van der Waals surface area contributed by atoms with Crippen LogP contribution >= 0.6 is 0 Å². The zero-order valence-corrected chi connectivity index (χ0v) is 16.4. The molecule has 7 heteroatoms. The second-order valence-corrected chi connectivity index (χ2v) is 7.05. The van der Waals surface area contributed by atoms with Crippen LogP contribution in [0.5, 0.6) is 0 Å². The van der Waals surface area contributed by atoms with E-state index in [2.05, 4.69) is 35.3 Å². The van der Waals surface area contributed by atoms with E-state index in [4.69, 9.17) is 11.5 Å². The molecule has 1 aromatic carbocycles. The number of rotatable bonds is 8. The van der Waals surface area contributed by atoms with E-state index in [-0.39, 0.29) is 0 Å². The van der Waals surface area contributed by atoms with Gasteiger partial charge in [-0.3, -0.25) is 4.99 Å². The quantitative estimate of drug-likeness (QED) is 0.376. The highest BCUT2D eigenvalue weighted by atomic mass is 15.3. The molecule has 2 rings (SSSR count). The van der Waals surface area contributed by atoms with Crippen molar-refractivity contribution in [2.24, 2.45) is 16.6 Å². The van der Waals surface area contributed by atoms with Gasteiger partial charge in [0, 0.05) is 13.1 Å². The first-order valence-corrected chi connectivity index (χ1v) is 9.30. The minimum Gasteiger partial charge on any atom is -0.382 e. The van der Waals surface area contributed by atoms with E-state index in [0.29, 0.717) is 41.9 Å². The van der Waals surface area contributed by atoms with E-state index < -0.39 is 0 Å². The summed E-state index contributed by atoms with van der Waals surface area (Å²) in [6, 6.07) is 10.0. The van der Waals surface area contributed by atoms with Gasteiger partial charge in [-0.05, 0) is 44.2 Å². The van der Waals surface area contributed by atoms with Gasteiger partial charge in [0.25, 0.3) is 0 Å². The van der Waals surface area contributed by atoms with E-state index in [9.17, 15) is 5.26 Å². The topological polar surface area (TPSA) is 118 Å². The maximum Gasteiger partial charge on any atom is 0.188 e. The van der Waals surface area contributed by atoms with Crippen LogP contribution in [-0.4, -0.2) is 28.8 Å². The van der Waals surface area contributed by atoms with E-state index in [1.165, 1.54) is 0 Å². The molecule has 1 heterocycles. The van der Waals surface area contributed by atoms with Crippen LogP contribution < -0.4 is 16.8 Å². The van der Waals surface area contributed by atoms with Gasteiger partial charge in [0.2, 0.25) is 0 Å². The molecule has 0 aliphatic heterocycles. The van der Waals surface area contributed by atoms with Crippen molar-refractivity contribution in [3.8, 4) is 11.8 Å². The normalized spacial score (nSPS) is 11.6. The molecule has 0 atom stereocenters. The summed E-state index contributed by atoms with van der Waals surface area (Å²) in [4.78, 5) is 4.32. The Morgan fingerprint density at radius 1 is 1.33 bits per heavy atom. The minimum atomic E-state index is 0.370. The first kappa shape index (κ1) is 20.3. The maximum atomic E-state index is 9.45. The third-order valence-electron chi connectivity index (χ3n) is 4.27. The summed E-state index contributed by atoms with van der Waals surface area (Å²) in [6.07, 6.45) is 2.41. The summed E-state index contributed by atoms with van der Waals surface area (Å²) in [5, 5.41) is 17.1. The molecule has 0 fully saturated rings. The lowest BCUT2D eigenvalue weighted by Crippen LogP contribution is -2.33. The molecule has 144 valence electrons. The predicted octanol–water partition coefficient (Wildman–Crippen LogP) is 2.52. The molecule has 0 aliphatic rings. The largest absolute Gasteiger partial charge is 0.382 e. The molecule has 1 aromatic heterocycles. The van der Waals surface area contributed by atoms with Crippen LogP contribution in [0.4, 0.5) is 5.82 Å². The van der Waals surface area contributed by atoms with Crippen molar-refractivity contribution in [3.63, 3.8) is 0 Å². The zero-order chi connectivity index (χ0) is 19.8. The van der Waals surface area contributed by atoms with E-state index >= 15 is 0 Å². The van der Waals surface area contributed by atoms with Crippen LogP contribution in [-0.2, 0) is 6.42 Å². The van der Waals surface area contributed by atoms with Crippen LogP contribution in [0.15, 0.2) is 29.3 Å². The number of nitrogens with zero attached hydrogens (tertiary/aromatic N) is 4. The molecule has 0 aliphatic carbocycles. The fourth-order valence-corrected chi connectivity index (χ4v) is 2.65. The zero-order valence-electron chi connectivity index (χ0n) is 16.4. The average Bonchev–Trinajstić information content (AvgIpc) is 2.94. The molecular formula is C20H29N7. The van der Waals surface area contributed by atoms with Crippen LogP contribution in [0.1, 0.15) is 43.5 Å². The number of nitrogen functional groups attached to an aromatic ring is 1. The highest BCUT2D eigenvalue weighted by molar-refractivity contribution is 5.77. The number of guanidine groups is 1. The van der Waals surface area contributed by atoms with Crippen molar-refractivity contribution in [2.75, 3.05) is 18.8 Å². The van der Waals surface area contributed by atoms with Crippen molar-refractivity contribution in [1.82, 2.24) is 15.1 Å². The number of nitriles is 1. The van der Waals surface area contributed by atoms with Gasteiger partial charge in [-0.2, -0.15) is 10.4 Å². The lowest BCUT2D eigenvalue weighted by Gasteiger charge is -2.07. The van der Waals surface area contributed by atoms with E-state index in [1.54, 1.807) is 4.68 Å². The van der Waals surface area contributed by atoms with Gasteiger partial charge < -0.3 is 16.8 Å². The highest BCUT2D eigenvalue weighted by Gasteiger charge is 2.16. The van der Waals surface area contributed by atoms with Gasteiger partial charge >= 0.3 is 0 Å². The summed E-state index contributed by atoms with van der Waals surface area (Å²) < 4.78 is 1.62. The Bertz CT molecular complexity index is 810. The lowest BCUT2D eigenvalue weighted by atomic mass is 10.1. The Labute approximate surface area is 161 Å². The van der Waals surface area contributed by atoms with Crippen LogP contribution in [0.3, 0.4) is 0 Å². The molecule has 0 spiro atoms. The van der Waals surface area contributed by atoms with Gasteiger partial charge in [0.1, 0.15) is 17.5 Å². The summed E-state index contributed by atoms with van der Waals surface area (Å²) in [6.45, 7) is 7.75. The molecule has 0 bridgehead atoms. The fourth-order valence-electron chi connectivity index (χ4n) is 2.65. The second kappa shape index (κ2) is 9.62. The van der Waals surface area contributed by atoms with Crippen LogP contribution in [0, 0.1) is 24.2 Å². The van der Waals surface area contributed by atoms with Gasteiger partial charge in [-0.25, -0.2) is 4.68 Å². The molecule has 7 nitrogen and oxygen atoms in total. The number of aromatic nitrogens is 2. The summed E-state index contributed by atoms with van der Waals surface area (Å²) in [7, 11) is 0. The fraction of sp³-hybridized carbons (Fsp3) is 0.450.